The summed E-state index contributed by atoms with van der Waals surface area (Å²) < 4.78 is 26.8. The van der Waals surface area contributed by atoms with Gasteiger partial charge in [-0.05, 0) is 72.8 Å². The number of ether oxygens (including phenoxy) is 2. The maximum absolute atomic E-state index is 14.3. The maximum Gasteiger partial charge on any atom is 0.410 e. The minimum atomic E-state index is -0.517. The summed E-state index contributed by atoms with van der Waals surface area (Å²) in [5.41, 5.74) is 3.45. The number of fused-ring (bicyclic) bond motifs is 2. The van der Waals surface area contributed by atoms with Crippen molar-refractivity contribution in [3.8, 4) is 5.75 Å². The van der Waals surface area contributed by atoms with E-state index in [1.807, 2.05) is 32.9 Å². The fourth-order valence-electron chi connectivity index (χ4n) is 4.09. The number of rotatable bonds is 2. The quantitative estimate of drug-likeness (QED) is 0.570. The molecule has 1 amide bonds. The normalized spacial score (nSPS) is 16.2. The number of amides is 1. The standard InChI is InChI=1S/C24H28BrFN2O3/c1-24(2,3)31-23(29)27-10-8-16-14-20-22(21(25)18(16)9-11-27)28(12-13-30-20)15-17-6-4-5-7-19(17)26/h4-7,14H,8-13,15H2,1-3H3. The van der Waals surface area contributed by atoms with E-state index in [2.05, 4.69) is 26.9 Å². The van der Waals surface area contributed by atoms with Crippen molar-refractivity contribution in [2.24, 2.45) is 0 Å². The highest BCUT2D eigenvalue weighted by molar-refractivity contribution is 9.10. The fraction of sp³-hybridized carbons (Fsp3) is 0.458. The van der Waals surface area contributed by atoms with E-state index in [0.29, 0.717) is 38.3 Å². The first-order valence-electron chi connectivity index (χ1n) is 10.7. The summed E-state index contributed by atoms with van der Waals surface area (Å²) >= 11 is 3.82. The van der Waals surface area contributed by atoms with Crippen molar-refractivity contribution in [2.75, 3.05) is 31.1 Å². The highest BCUT2D eigenvalue weighted by atomic mass is 79.9. The summed E-state index contributed by atoms with van der Waals surface area (Å²) in [7, 11) is 0. The first-order chi connectivity index (χ1) is 14.7. The van der Waals surface area contributed by atoms with Crippen molar-refractivity contribution >= 4 is 27.7 Å². The number of anilines is 1. The van der Waals surface area contributed by atoms with Crippen LogP contribution in [0.2, 0.25) is 0 Å². The van der Waals surface area contributed by atoms with E-state index in [9.17, 15) is 9.18 Å². The number of nitrogens with zero attached hydrogens (tertiary/aromatic N) is 2. The van der Waals surface area contributed by atoms with Gasteiger partial charge in [0.15, 0.2) is 0 Å². The number of carbonyl (C=O) groups is 1. The average molecular weight is 491 g/mol. The Bertz CT molecular complexity index is 990. The second-order valence-electron chi connectivity index (χ2n) is 9.00. The molecule has 2 aromatic carbocycles. The van der Waals surface area contributed by atoms with Crippen LogP contribution >= 0.6 is 15.9 Å². The molecular formula is C24H28BrFN2O3. The summed E-state index contributed by atoms with van der Waals surface area (Å²) in [6, 6.07) is 8.96. The lowest BCUT2D eigenvalue weighted by Gasteiger charge is -2.33. The topological polar surface area (TPSA) is 42.0 Å². The number of benzene rings is 2. The lowest BCUT2D eigenvalue weighted by atomic mass is 10.00. The van der Waals surface area contributed by atoms with Gasteiger partial charge in [0.25, 0.3) is 0 Å². The SMILES string of the molecule is CC(C)(C)OC(=O)N1CCc2cc3c(c(Br)c2CC1)N(Cc1ccccc1F)CCO3. The zero-order valence-corrected chi connectivity index (χ0v) is 19.8. The summed E-state index contributed by atoms with van der Waals surface area (Å²) in [4.78, 5) is 16.5. The molecule has 7 heteroatoms. The number of carbonyl (C=O) groups excluding carboxylic acids is 1. The summed E-state index contributed by atoms with van der Waals surface area (Å²) in [5.74, 6) is 0.605. The van der Waals surface area contributed by atoms with E-state index >= 15 is 0 Å². The van der Waals surface area contributed by atoms with Gasteiger partial charge >= 0.3 is 6.09 Å². The largest absolute Gasteiger partial charge is 0.490 e. The Kier molecular flexibility index (Phi) is 6.15. The minimum Gasteiger partial charge on any atom is -0.490 e. The van der Waals surface area contributed by atoms with Crippen LogP contribution in [-0.4, -0.2) is 42.8 Å². The predicted molar refractivity (Wildman–Crippen MR) is 122 cm³/mol. The molecule has 0 bridgehead atoms. The predicted octanol–water partition coefficient (Wildman–Crippen LogP) is 5.32. The molecular weight excluding hydrogens is 463 g/mol. The van der Waals surface area contributed by atoms with Crippen LogP contribution in [0.1, 0.15) is 37.5 Å². The van der Waals surface area contributed by atoms with Gasteiger partial charge in [-0.1, -0.05) is 18.2 Å². The average Bonchev–Trinajstić information content (AvgIpc) is 2.91. The fourth-order valence-corrected chi connectivity index (χ4v) is 4.99. The monoisotopic (exact) mass is 490 g/mol. The molecule has 31 heavy (non-hydrogen) atoms. The Balaban J connectivity index is 1.60. The minimum absolute atomic E-state index is 0.200. The summed E-state index contributed by atoms with van der Waals surface area (Å²) in [6.45, 7) is 8.54. The van der Waals surface area contributed by atoms with Gasteiger partial charge in [-0.2, -0.15) is 0 Å². The third-order valence-corrected chi connectivity index (χ3v) is 6.44. The Morgan fingerprint density at radius 1 is 1.19 bits per heavy atom. The molecule has 5 nitrogen and oxygen atoms in total. The molecule has 2 heterocycles. The van der Waals surface area contributed by atoms with Gasteiger partial charge in [-0.15, -0.1) is 0 Å². The van der Waals surface area contributed by atoms with E-state index in [-0.39, 0.29) is 11.9 Å². The van der Waals surface area contributed by atoms with E-state index < -0.39 is 5.60 Å². The number of hydrogen-bond acceptors (Lipinski definition) is 4. The molecule has 2 aromatic rings. The van der Waals surface area contributed by atoms with Crippen LogP contribution in [0.15, 0.2) is 34.8 Å². The lowest BCUT2D eigenvalue weighted by molar-refractivity contribution is 0.0258. The van der Waals surface area contributed by atoms with Gasteiger partial charge < -0.3 is 19.3 Å². The third-order valence-electron chi connectivity index (χ3n) is 5.59. The highest BCUT2D eigenvalue weighted by Gasteiger charge is 2.29. The Hall–Kier alpha value is -2.28. The molecule has 0 saturated carbocycles. The molecule has 2 aliphatic rings. The Morgan fingerprint density at radius 2 is 1.94 bits per heavy atom. The Morgan fingerprint density at radius 3 is 2.68 bits per heavy atom. The second kappa shape index (κ2) is 8.69. The van der Waals surface area contributed by atoms with Crippen LogP contribution in [0.4, 0.5) is 14.9 Å². The van der Waals surface area contributed by atoms with Gasteiger partial charge in [-0.25, -0.2) is 9.18 Å². The summed E-state index contributed by atoms with van der Waals surface area (Å²) in [5, 5.41) is 0. The van der Waals surface area contributed by atoms with Crippen LogP contribution in [0.25, 0.3) is 0 Å². The first kappa shape index (κ1) is 21.9. The molecule has 166 valence electrons. The van der Waals surface area contributed by atoms with Gasteiger partial charge in [0.1, 0.15) is 23.8 Å². The van der Waals surface area contributed by atoms with Crippen molar-refractivity contribution in [1.29, 1.82) is 0 Å². The van der Waals surface area contributed by atoms with Gasteiger partial charge in [-0.3, -0.25) is 0 Å². The molecule has 0 fully saturated rings. The lowest BCUT2D eigenvalue weighted by Crippen LogP contribution is -2.38. The van der Waals surface area contributed by atoms with Crippen molar-refractivity contribution in [2.45, 2.75) is 45.8 Å². The van der Waals surface area contributed by atoms with Crippen molar-refractivity contribution in [3.05, 3.63) is 57.3 Å². The highest BCUT2D eigenvalue weighted by Crippen LogP contribution is 2.44. The zero-order valence-electron chi connectivity index (χ0n) is 18.2. The molecule has 0 atom stereocenters. The van der Waals surface area contributed by atoms with Crippen LogP contribution in [0, 0.1) is 5.82 Å². The van der Waals surface area contributed by atoms with E-state index in [1.54, 1.807) is 11.0 Å². The maximum atomic E-state index is 14.3. The molecule has 0 radical (unpaired) electrons. The van der Waals surface area contributed by atoms with E-state index in [4.69, 9.17) is 9.47 Å². The van der Waals surface area contributed by atoms with Crippen molar-refractivity contribution in [1.82, 2.24) is 4.90 Å². The zero-order chi connectivity index (χ0) is 22.2. The van der Waals surface area contributed by atoms with Gasteiger partial charge in [0.2, 0.25) is 0 Å². The molecule has 0 saturated heterocycles. The molecule has 0 unspecified atom stereocenters. The molecule has 0 N–H and O–H groups in total. The molecule has 0 aliphatic carbocycles. The van der Waals surface area contributed by atoms with Crippen molar-refractivity contribution in [3.63, 3.8) is 0 Å². The second-order valence-corrected chi connectivity index (χ2v) is 9.80. The van der Waals surface area contributed by atoms with E-state index in [0.717, 1.165) is 28.8 Å². The van der Waals surface area contributed by atoms with Crippen molar-refractivity contribution < 1.29 is 18.7 Å². The van der Waals surface area contributed by atoms with Crippen LogP contribution in [0.5, 0.6) is 5.75 Å². The van der Waals surface area contributed by atoms with Gasteiger partial charge in [0, 0.05) is 29.7 Å². The first-order valence-corrected chi connectivity index (χ1v) is 11.5. The molecule has 0 spiro atoms. The smallest absolute Gasteiger partial charge is 0.410 e. The molecule has 0 aromatic heterocycles. The number of hydrogen-bond donors (Lipinski definition) is 0. The summed E-state index contributed by atoms with van der Waals surface area (Å²) in [6.07, 6.45) is 1.17. The van der Waals surface area contributed by atoms with Gasteiger partial charge in [0.05, 0.1) is 12.2 Å². The third kappa shape index (κ3) is 4.81. The van der Waals surface area contributed by atoms with E-state index in [1.165, 1.54) is 17.2 Å². The van der Waals surface area contributed by atoms with Crippen LogP contribution in [0.3, 0.4) is 0 Å². The number of halogens is 2. The Labute approximate surface area is 191 Å². The van der Waals surface area contributed by atoms with Crippen LogP contribution < -0.4 is 9.64 Å². The van der Waals surface area contributed by atoms with Crippen LogP contribution in [-0.2, 0) is 24.1 Å². The molecule has 2 aliphatic heterocycles. The molecule has 4 rings (SSSR count).